The lowest BCUT2D eigenvalue weighted by Gasteiger charge is -2.15. The van der Waals surface area contributed by atoms with Gasteiger partial charge in [0.05, 0.1) is 16.9 Å². The van der Waals surface area contributed by atoms with Gasteiger partial charge in [-0.2, -0.15) is 0 Å². The predicted molar refractivity (Wildman–Crippen MR) is 103 cm³/mol. The van der Waals surface area contributed by atoms with Crippen molar-refractivity contribution in [1.29, 1.82) is 0 Å². The van der Waals surface area contributed by atoms with Gasteiger partial charge < -0.3 is 0 Å². The lowest BCUT2D eigenvalue weighted by molar-refractivity contribution is 0.694. The predicted octanol–water partition coefficient (Wildman–Crippen LogP) is 5.06. The average Bonchev–Trinajstić information content (AvgIpc) is 3.01. The van der Waals surface area contributed by atoms with Crippen molar-refractivity contribution in [2.45, 2.75) is 20.3 Å². The monoisotopic (exact) mass is 325 g/mol. The zero-order valence-corrected chi connectivity index (χ0v) is 14.4. The van der Waals surface area contributed by atoms with E-state index in [1.54, 1.807) is 0 Å². The Morgan fingerprint density at radius 2 is 1.80 bits per heavy atom. The lowest BCUT2D eigenvalue weighted by Crippen LogP contribution is -2.08. The van der Waals surface area contributed by atoms with Crippen molar-refractivity contribution in [2.24, 2.45) is 5.92 Å². The SMILES string of the molecule is Cc1ccc(-c2nc3ccccc3c3nc4c(n23)CC(C)C=C4)cc1. The number of para-hydroxylation sites is 1. The maximum Gasteiger partial charge on any atom is 0.148 e. The molecule has 0 radical (unpaired) electrons. The molecule has 3 heteroatoms. The van der Waals surface area contributed by atoms with Crippen molar-refractivity contribution >= 4 is 22.6 Å². The number of aromatic nitrogens is 3. The highest BCUT2D eigenvalue weighted by Gasteiger charge is 2.21. The Morgan fingerprint density at radius 3 is 2.64 bits per heavy atom. The molecule has 0 bridgehead atoms. The van der Waals surface area contributed by atoms with Gasteiger partial charge in [-0.15, -0.1) is 0 Å². The number of hydrogen-bond donors (Lipinski definition) is 0. The lowest BCUT2D eigenvalue weighted by atomic mass is 9.98. The molecule has 122 valence electrons. The summed E-state index contributed by atoms with van der Waals surface area (Å²) >= 11 is 0. The fraction of sp³-hybridized carbons (Fsp3) is 0.182. The molecule has 1 atom stereocenters. The Labute approximate surface area is 146 Å². The van der Waals surface area contributed by atoms with Crippen LogP contribution in [0, 0.1) is 12.8 Å². The van der Waals surface area contributed by atoms with Crippen molar-refractivity contribution in [3.8, 4) is 11.4 Å². The van der Waals surface area contributed by atoms with Crippen molar-refractivity contribution in [2.75, 3.05) is 0 Å². The number of imidazole rings is 1. The molecule has 2 aromatic carbocycles. The van der Waals surface area contributed by atoms with Crippen LogP contribution in [0.3, 0.4) is 0 Å². The zero-order chi connectivity index (χ0) is 17.0. The molecule has 2 heterocycles. The summed E-state index contributed by atoms with van der Waals surface area (Å²) in [6, 6.07) is 16.9. The van der Waals surface area contributed by atoms with Crippen molar-refractivity contribution in [3.05, 3.63) is 71.6 Å². The summed E-state index contributed by atoms with van der Waals surface area (Å²) in [6.07, 6.45) is 5.39. The Bertz CT molecular complexity index is 1130. The number of allylic oxidation sites excluding steroid dienone is 1. The second-order valence-corrected chi connectivity index (χ2v) is 6.96. The Morgan fingerprint density at radius 1 is 1.00 bits per heavy atom. The van der Waals surface area contributed by atoms with Crippen LogP contribution in [0.15, 0.2) is 54.6 Å². The van der Waals surface area contributed by atoms with Gasteiger partial charge >= 0.3 is 0 Å². The highest BCUT2D eigenvalue weighted by Crippen LogP contribution is 2.31. The summed E-state index contributed by atoms with van der Waals surface area (Å²) in [7, 11) is 0. The van der Waals surface area contributed by atoms with E-state index in [1.165, 1.54) is 11.3 Å². The van der Waals surface area contributed by atoms with Crippen molar-refractivity contribution in [1.82, 2.24) is 14.4 Å². The fourth-order valence-corrected chi connectivity index (χ4v) is 3.66. The Kier molecular flexibility index (Phi) is 3.04. The van der Waals surface area contributed by atoms with Crippen LogP contribution in [0.4, 0.5) is 0 Å². The standard InChI is InChI=1S/C22H19N3/c1-14-7-10-16(11-8-14)21-23-18-6-4-3-5-17(18)22-24-19-12-9-15(2)13-20(19)25(21)22/h3-12,15H,13H2,1-2H3. The third kappa shape index (κ3) is 2.19. The van der Waals surface area contributed by atoms with Gasteiger partial charge in [0.2, 0.25) is 0 Å². The topological polar surface area (TPSA) is 30.2 Å². The van der Waals surface area contributed by atoms with Gasteiger partial charge in [0.1, 0.15) is 11.5 Å². The fourth-order valence-electron chi connectivity index (χ4n) is 3.66. The van der Waals surface area contributed by atoms with Crippen LogP contribution in [0.25, 0.3) is 34.0 Å². The molecular formula is C22H19N3. The van der Waals surface area contributed by atoms with Gasteiger partial charge in [0.15, 0.2) is 0 Å². The minimum absolute atomic E-state index is 0.518. The number of benzene rings is 2. The highest BCUT2D eigenvalue weighted by atomic mass is 15.1. The van der Waals surface area contributed by atoms with Crippen LogP contribution in [0.2, 0.25) is 0 Å². The van der Waals surface area contributed by atoms with Crippen molar-refractivity contribution < 1.29 is 0 Å². The zero-order valence-electron chi connectivity index (χ0n) is 14.4. The highest BCUT2D eigenvalue weighted by molar-refractivity contribution is 5.94. The molecule has 2 aromatic heterocycles. The van der Waals surface area contributed by atoms with Crippen LogP contribution in [0.1, 0.15) is 23.9 Å². The minimum Gasteiger partial charge on any atom is -0.280 e. The molecule has 25 heavy (non-hydrogen) atoms. The van der Waals surface area contributed by atoms with E-state index in [9.17, 15) is 0 Å². The van der Waals surface area contributed by atoms with E-state index in [1.807, 2.05) is 6.07 Å². The largest absolute Gasteiger partial charge is 0.280 e. The molecule has 1 aliphatic rings. The van der Waals surface area contributed by atoms with Gasteiger partial charge in [-0.3, -0.25) is 4.40 Å². The first kappa shape index (κ1) is 14.4. The molecule has 0 spiro atoms. The van der Waals surface area contributed by atoms with Gasteiger partial charge in [-0.1, -0.05) is 55.0 Å². The molecular weight excluding hydrogens is 306 g/mol. The number of aryl methyl sites for hydroxylation is 1. The van der Waals surface area contributed by atoms with E-state index in [2.05, 4.69) is 72.9 Å². The second kappa shape index (κ2) is 5.28. The van der Waals surface area contributed by atoms with E-state index in [4.69, 9.17) is 9.97 Å². The average molecular weight is 325 g/mol. The first-order valence-corrected chi connectivity index (χ1v) is 8.76. The molecule has 4 aromatic rings. The quantitative estimate of drug-likeness (QED) is 0.489. The summed E-state index contributed by atoms with van der Waals surface area (Å²) in [5.74, 6) is 1.50. The molecule has 0 N–H and O–H groups in total. The number of hydrogen-bond acceptors (Lipinski definition) is 2. The summed E-state index contributed by atoms with van der Waals surface area (Å²) in [4.78, 5) is 9.96. The van der Waals surface area contributed by atoms with Crippen LogP contribution < -0.4 is 0 Å². The molecule has 0 saturated carbocycles. The van der Waals surface area contributed by atoms with E-state index < -0.39 is 0 Å². The number of nitrogens with zero attached hydrogens (tertiary/aromatic N) is 3. The number of rotatable bonds is 1. The molecule has 1 aliphatic carbocycles. The molecule has 5 rings (SSSR count). The normalized spacial score (nSPS) is 16.5. The Hall–Kier alpha value is -2.94. The first-order chi connectivity index (χ1) is 12.2. The van der Waals surface area contributed by atoms with Crippen LogP contribution in [-0.2, 0) is 6.42 Å². The molecule has 1 unspecified atom stereocenters. The van der Waals surface area contributed by atoms with Crippen LogP contribution in [0.5, 0.6) is 0 Å². The molecule has 0 amide bonds. The molecule has 0 saturated heterocycles. The van der Waals surface area contributed by atoms with E-state index >= 15 is 0 Å². The maximum atomic E-state index is 5.01. The maximum absolute atomic E-state index is 5.01. The van der Waals surface area contributed by atoms with Crippen molar-refractivity contribution in [3.63, 3.8) is 0 Å². The van der Waals surface area contributed by atoms with Gasteiger partial charge in [-0.25, -0.2) is 9.97 Å². The molecule has 0 aliphatic heterocycles. The van der Waals surface area contributed by atoms with E-state index in [-0.39, 0.29) is 0 Å². The van der Waals surface area contributed by atoms with Gasteiger partial charge in [-0.05, 0) is 37.5 Å². The van der Waals surface area contributed by atoms with E-state index in [0.717, 1.165) is 40.1 Å². The third-order valence-electron chi connectivity index (χ3n) is 4.99. The summed E-state index contributed by atoms with van der Waals surface area (Å²) in [5, 5.41) is 1.11. The first-order valence-electron chi connectivity index (χ1n) is 8.76. The van der Waals surface area contributed by atoms with Crippen LogP contribution in [-0.4, -0.2) is 14.4 Å². The van der Waals surface area contributed by atoms with E-state index in [0.29, 0.717) is 5.92 Å². The number of fused-ring (bicyclic) bond motifs is 5. The summed E-state index contributed by atoms with van der Waals surface area (Å²) < 4.78 is 2.27. The second-order valence-electron chi connectivity index (χ2n) is 6.96. The Balaban J connectivity index is 1.93. The summed E-state index contributed by atoms with van der Waals surface area (Å²) in [6.45, 7) is 4.36. The smallest absolute Gasteiger partial charge is 0.148 e. The van der Waals surface area contributed by atoms with Gasteiger partial charge in [0, 0.05) is 10.9 Å². The van der Waals surface area contributed by atoms with Gasteiger partial charge in [0.25, 0.3) is 0 Å². The minimum atomic E-state index is 0.518. The van der Waals surface area contributed by atoms with Crippen LogP contribution >= 0.6 is 0 Å². The molecule has 3 nitrogen and oxygen atoms in total. The third-order valence-corrected chi connectivity index (χ3v) is 4.99. The summed E-state index contributed by atoms with van der Waals surface area (Å²) in [5.41, 5.74) is 6.71. The molecule has 0 fully saturated rings.